The summed E-state index contributed by atoms with van der Waals surface area (Å²) >= 11 is 0. The summed E-state index contributed by atoms with van der Waals surface area (Å²) in [5.41, 5.74) is 1.09. The zero-order valence-electron chi connectivity index (χ0n) is 18.7. The maximum atomic E-state index is 12.7. The number of hydrogen-bond acceptors (Lipinski definition) is 2. The van der Waals surface area contributed by atoms with Gasteiger partial charge in [0, 0.05) is 0 Å². The van der Waals surface area contributed by atoms with E-state index in [2.05, 4.69) is 9.47 Å². The van der Waals surface area contributed by atoms with Crippen molar-refractivity contribution < 1.29 is 40.2 Å². The third-order valence-electron chi connectivity index (χ3n) is 4.14. The van der Waals surface area contributed by atoms with E-state index in [4.69, 9.17) is 0 Å². The van der Waals surface area contributed by atoms with Crippen molar-refractivity contribution in [2.45, 2.75) is 71.3 Å². The monoisotopic (exact) mass is 468 g/mol. The number of rotatable bonds is 4. The molecule has 2 nitrogen and oxygen atoms in total. The lowest BCUT2D eigenvalue weighted by Gasteiger charge is -2.21. The first-order valence-corrected chi connectivity index (χ1v) is 9.63. The van der Waals surface area contributed by atoms with Gasteiger partial charge in [-0.25, -0.2) is 0 Å². The molecular weight excluding hydrogens is 441 g/mol. The molecule has 180 valence electrons. The number of alkyl halides is 7. The van der Waals surface area contributed by atoms with Crippen molar-refractivity contribution in [3.05, 3.63) is 59.7 Å². The highest BCUT2D eigenvalue weighted by molar-refractivity contribution is 5.33. The molecule has 0 N–H and O–H groups in total. The summed E-state index contributed by atoms with van der Waals surface area (Å²) in [4.78, 5) is 0. The molecule has 0 heterocycles. The van der Waals surface area contributed by atoms with Crippen molar-refractivity contribution in [3.63, 3.8) is 0 Å². The lowest BCUT2D eigenvalue weighted by molar-refractivity contribution is -0.274. The molecule has 0 aliphatic carbocycles. The molecule has 0 aliphatic heterocycles. The fourth-order valence-corrected chi connectivity index (χ4v) is 2.39. The molecule has 0 amide bonds. The first-order valence-electron chi connectivity index (χ1n) is 9.63. The lowest BCUT2D eigenvalue weighted by Crippen LogP contribution is -2.33. The molecule has 0 radical (unpaired) electrons. The predicted molar refractivity (Wildman–Crippen MR) is 109 cm³/mol. The lowest BCUT2D eigenvalue weighted by atomic mass is 9.87. The minimum atomic E-state index is -4.63. The van der Waals surface area contributed by atoms with Crippen LogP contribution in [0.5, 0.6) is 11.5 Å². The van der Waals surface area contributed by atoms with Crippen molar-refractivity contribution in [1.82, 2.24) is 0 Å². The summed E-state index contributed by atoms with van der Waals surface area (Å²) in [7, 11) is 0. The van der Waals surface area contributed by atoms with Crippen molar-refractivity contribution in [2.75, 3.05) is 0 Å². The van der Waals surface area contributed by atoms with Gasteiger partial charge in [0.05, 0.1) is 0 Å². The van der Waals surface area contributed by atoms with Gasteiger partial charge in [0.25, 0.3) is 0 Å². The average molecular weight is 468 g/mol. The van der Waals surface area contributed by atoms with E-state index >= 15 is 0 Å². The summed E-state index contributed by atoms with van der Waals surface area (Å²) in [6.45, 7) is 11.4. The topological polar surface area (TPSA) is 18.5 Å². The Hall–Kier alpha value is -2.45. The molecule has 9 heteroatoms. The van der Waals surface area contributed by atoms with Crippen LogP contribution in [-0.4, -0.2) is 18.9 Å². The van der Waals surface area contributed by atoms with Crippen LogP contribution >= 0.6 is 0 Å². The highest BCUT2D eigenvalue weighted by atomic mass is 19.4. The largest absolute Gasteiger partial charge is 0.573 e. The van der Waals surface area contributed by atoms with Gasteiger partial charge in [-0.3, -0.25) is 0 Å². The van der Waals surface area contributed by atoms with Crippen molar-refractivity contribution in [3.8, 4) is 11.5 Å². The second kappa shape index (κ2) is 10.0. The minimum absolute atomic E-state index is 0.171. The fraction of sp³-hybridized carbons (Fsp3) is 0.478. The van der Waals surface area contributed by atoms with Crippen molar-refractivity contribution in [1.29, 1.82) is 0 Å². The molecule has 0 spiro atoms. The normalized spacial score (nSPS) is 12.8. The zero-order chi connectivity index (χ0) is 25.0. The van der Waals surface area contributed by atoms with Gasteiger partial charge in [-0.2, -0.15) is 17.6 Å². The van der Waals surface area contributed by atoms with Crippen LogP contribution in [-0.2, 0) is 10.8 Å². The van der Waals surface area contributed by atoms with Crippen LogP contribution in [0.3, 0.4) is 0 Å². The SMILES string of the molecule is CC(C)(C)c1cccc(OC(F)(F)C(F)F)c1.CC(C)(C)c1cccc(OC(F)(F)F)c1. The molecule has 2 aromatic carbocycles. The third kappa shape index (κ3) is 9.36. The predicted octanol–water partition coefficient (Wildman–Crippen LogP) is 8.10. The Kier molecular flexibility index (Phi) is 8.62. The molecule has 0 bridgehead atoms. The van der Waals surface area contributed by atoms with Gasteiger partial charge in [0.1, 0.15) is 11.5 Å². The zero-order valence-corrected chi connectivity index (χ0v) is 18.7. The Balaban J connectivity index is 0.000000323. The van der Waals surface area contributed by atoms with Gasteiger partial charge in [-0.15, -0.1) is 13.2 Å². The van der Waals surface area contributed by atoms with Crippen LogP contribution < -0.4 is 9.47 Å². The van der Waals surface area contributed by atoms with Crippen molar-refractivity contribution in [2.24, 2.45) is 0 Å². The molecule has 2 rings (SSSR count). The molecule has 2 aromatic rings. The summed E-state index contributed by atoms with van der Waals surface area (Å²) in [5, 5.41) is 0. The van der Waals surface area contributed by atoms with Gasteiger partial charge < -0.3 is 9.47 Å². The Labute approximate surface area is 183 Å². The molecule has 0 fully saturated rings. The second-order valence-electron chi connectivity index (χ2n) is 9.07. The molecule has 0 atom stereocenters. The van der Waals surface area contributed by atoms with E-state index in [0.717, 1.165) is 11.1 Å². The molecule has 0 saturated carbocycles. The number of benzene rings is 2. The summed E-state index contributed by atoms with van der Waals surface area (Å²) in [6.07, 6.45) is -12.9. The summed E-state index contributed by atoms with van der Waals surface area (Å²) in [5.74, 6) is -0.433. The van der Waals surface area contributed by atoms with E-state index in [1.54, 1.807) is 18.2 Å². The van der Waals surface area contributed by atoms with Crippen LogP contribution in [0.1, 0.15) is 52.7 Å². The summed E-state index contributed by atoms with van der Waals surface area (Å²) in [6, 6.07) is 11.8. The van der Waals surface area contributed by atoms with Crippen LogP contribution in [0.2, 0.25) is 0 Å². The Morgan fingerprint density at radius 2 is 1.00 bits per heavy atom. The molecule has 0 unspecified atom stereocenters. The molecular formula is C23H27F7O2. The van der Waals surface area contributed by atoms with E-state index < -0.39 is 18.9 Å². The number of ether oxygens (including phenoxy) is 2. The van der Waals surface area contributed by atoms with Crippen LogP contribution in [0, 0.1) is 0 Å². The molecule has 0 saturated heterocycles. The second-order valence-corrected chi connectivity index (χ2v) is 9.07. The Morgan fingerprint density at radius 1 is 0.625 bits per heavy atom. The van der Waals surface area contributed by atoms with Crippen LogP contribution in [0.25, 0.3) is 0 Å². The summed E-state index contributed by atoms with van der Waals surface area (Å²) < 4.78 is 93.0. The highest BCUT2D eigenvalue weighted by Gasteiger charge is 2.44. The molecule has 0 aliphatic rings. The van der Waals surface area contributed by atoms with Crippen molar-refractivity contribution >= 4 is 0 Å². The van der Waals surface area contributed by atoms with Gasteiger partial charge in [0.2, 0.25) is 0 Å². The number of halogens is 7. The van der Waals surface area contributed by atoms with Crippen LogP contribution in [0.4, 0.5) is 30.7 Å². The highest BCUT2D eigenvalue weighted by Crippen LogP contribution is 2.31. The number of hydrogen-bond donors (Lipinski definition) is 0. The fourth-order valence-electron chi connectivity index (χ4n) is 2.39. The van der Waals surface area contributed by atoms with Gasteiger partial charge >= 0.3 is 18.9 Å². The van der Waals surface area contributed by atoms with E-state index in [1.165, 1.54) is 30.3 Å². The van der Waals surface area contributed by atoms with Gasteiger partial charge in [-0.05, 0) is 46.2 Å². The van der Waals surface area contributed by atoms with Gasteiger partial charge in [0.15, 0.2) is 0 Å². The van der Waals surface area contributed by atoms with E-state index in [9.17, 15) is 30.7 Å². The van der Waals surface area contributed by atoms with E-state index in [-0.39, 0.29) is 22.3 Å². The van der Waals surface area contributed by atoms with E-state index in [0.29, 0.717) is 0 Å². The first kappa shape index (κ1) is 27.6. The quantitative estimate of drug-likeness (QED) is 0.422. The standard InChI is InChI=1S/C12H14F4O.C11H13F3O/c1-11(2,3)8-5-4-6-9(7-8)17-12(15,16)10(13)14;1-10(2,3)8-5-4-6-9(7-8)15-11(12,13)14/h4-7,10H,1-3H3;4-7H,1-3H3. The van der Waals surface area contributed by atoms with Gasteiger partial charge in [-0.1, -0.05) is 65.8 Å². The third-order valence-corrected chi connectivity index (χ3v) is 4.14. The van der Waals surface area contributed by atoms with E-state index in [1.807, 2.05) is 41.5 Å². The smallest absolute Gasteiger partial charge is 0.428 e. The maximum absolute atomic E-state index is 12.7. The Bertz CT molecular complexity index is 864. The average Bonchev–Trinajstić information content (AvgIpc) is 2.59. The maximum Gasteiger partial charge on any atom is 0.573 e. The molecule has 0 aromatic heterocycles. The Morgan fingerprint density at radius 3 is 1.31 bits per heavy atom. The van der Waals surface area contributed by atoms with Crippen LogP contribution in [0.15, 0.2) is 48.5 Å². The molecule has 32 heavy (non-hydrogen) atoms. The minimum Gasteiger partial charge on any atom is -0.428 e. The first-order chi connectivity index (χ1) is 14.3.